The van der Waals surface area contributed by atoms with Crippen molar-refractivity contribution in [3.05, 3.63) is 23.7 Å². The van der Waals surface area contributed by atoms with E-state index >= 15 is 0 Å². The van der Waals surface area contributed by atoms with Crippen molar-refractivity contribution in [2.45, 2.75) is 39.8 Å². The van der Waals surface area contributed by atoms with Crippen LogP contribution >= 0.6 is 0 Å². The molecule has 3 nitrogen and oxygen atoms in total. The Morgan fingerprint density at radius 2 is 2.19 bits per heavy atom. The number of nitrogens with zero attached hydrogens (tertiary/aromatic N) is 1. The molecule has 1 heterocycles. The van der Waals surface area contributed by atoms with Gasteiger partial charge in [-0.1, -0.05) is 20.3 Å². The normalized spacial score (nSPS) is 15.4. The SMILES string of the molecule is CCC(C)C(CN)N(C)Cc1ccoc1C. The van der Waals surface area contributed by atoms with Gasteiger partial charge in [0, 0.05) is 24.7 Å². The number of furan rings is 1. The van der Waals surface area contributed by atoms with Crippen LogP contribution in [0.1, 0.15) is 31.6 Å². The van der Waals surface area contributed by atoms with Gasteiger partial charge >= 0.3 is 0 Å². The zero-order valence-corrected chi connectivity index (χ0v) is 10.9. The first-order chi connectivity index (χ1) is 7.60. The summed E-state index contributed by atoms with van der Waals surface area (Å²) in [6.07, 6.45) is 2.91. The first kappa shape index (κ1) is 13.3. The average molecular weight is 224 g/mol. The summed E-state index contributed by atoms with van der Waals surface area (Å²) in [6.45, 7) is 8.10. The van der Waals surface area contributed by atoms with Gasteiger partial charge in [0.1, 0.15) is 5.76 Å². The van der Waals surface area contributed by atoms with Crippen LogP contribution in [-0.2, 0) is 6.54 Å². The van der Waals surface area contributed by atoms with Gasteiger partial charge in [-0.3, -0.25) is 4.90 Å². The highest BCUT2D eigenvalue weighted by Gasteiger charge is 2.19. The molecule has 0 radical (unpaired) electrons. The third-order valence-corrected chi connectivity index (χ3v) is 3.49. The molecule has 0 fully saturated rings. The molecule has 0 aromatic carbocycles. The van der Waals surface area contributed by atoms with Crippen LogP contribution in [0.25, 0.3) is 0 Å². The minimum absolute atomic E-state index is 0.444. The van der Waals surface area contributed by atoms with E-state index in [9.17, 15) is 0 Å². The highest BCUT2D eigenvalue weighted by Crippen LogP contribution is 2.17. The summed E-state index contributed by atoms with van der Waals surface area (Å²) < 4.78 is 5.31. The number of nitrogens with two attached hydrogens (primary N) is 1. The van der Waals surface area contributed by atoms with Crippen LogP contribution in [0, 0.1) is 12.8 Å². The standard InChI is InChI=1S/C13H24N2O/c1-5-10(2)13(8-14)15(4)9-12-6-7-16-11(12)3/h6-7,10,13H,5,8-9,14H2,1-4H3. The van der Waals surface area contributed by atoms with Crippen LogP contribution in [0.5, 0.6) is 0 Å². The molecule has 0 amide bonds. The van der Waals surface area contributed by atoms with E-state index in [1.165, 1.54) is 5.56 Å². The van der Waals surface area contributed by atoms with Crippen molar-refractivity contribution >= 4 is 0 Å². The fourth-order valence-corrected chi connectivity index (χ4v) is 2.08. The molecule has 92 valence electrons. The predicted molar refractivity (Wildman–Crippen MR) is 67.2 cm³/mol. The number of aryl methyl sites for hydroxylation is 1. The minimum atomic E-state index is 0.444. The van der Waals surface area contributed by atoms with Gasteiger partial charge in [0.15, 0.2) is 0 Å². The summed E-state index contributed by atoms with van der Waals surface area (Å²) in [4.78, 5) is 2.33. The van der Waals surface area contributed by atoms with E-state index in [0.29, 0.717) is 18.5 Å². The van der Waals surface area contributed by atoms with Crippen LogP contribution in [0.4, 0.5) is 0 Å². The number of rotatable bonds is 6. The van der Waals surface area contributed by atoms with Gasteiger partial charge in [0.05, 0.1) is 6.26 Å². The van der Waals surface area contributed by atoms with Crippen LogP contribution in [0.3, 0.4) is 0 Å². The van der Waals surface area contributed by atoms with Gasteiger partial charge in [-0.15, -0.1) is 0 Å². The van der Waals surface area contributed by atoms with Crippen molar-refractivity contribution in [2.24, 2.45) is 11.7 Å². The third kappa shape index (κ3) is 3.09. The lowest BCUT2D eigenvalue weighted by Crippen LogP contribution is -2.42. The highest BCUT2D eigenvalue weighted by atomic mass is 16.3. The summed E-state index contributed by atoms with van der Waals surface area (Å²) in [6, 6.07) is 2.48. The van der Waals surface area contributed by atoms with Crippen LogP contribution in [0.2, 0.25) is 0 Å². The fraction of sp³-hybridized carbons (Fsp3) is 0.692. The second-order valence-electron chi connectivity index (χ2n) is 4.61. The molecule has 1 aromatic rings. The zero-order chi connectivity index (χ0) is 12.1. The maximum atomic E-state index is 5.85. The summed E-state index contributed by atoms with van der Waals surface area (Å²) >= 11 is 0. The summed E-state index contributed by atoms with van der Waals surface area (Å²) in [5, 5.41) is 0. The van der Waals surface area contributed by atoms with Crippen molar-refractivity contribution in [3.63, 3.8) is 0 Å². The van der Waals surface area contributed by atoms with E-state index in [4.69, 9.17) is 10.2 Å². The molecular formula is C13H24N2O. The van der Waals surface area contributed by atoms with Crippen molar-refractivity contribution in [2.75, 3.05) is 13.6 Å². The molecule has 2 N–H and O–H groups in total. The van der Waals surface area contributed by atoms with Gasteiger partial charge in [-0.2, -0.15) is 0 Å². The molecule has 2 unspecified atom stereocenters. The van der Waals surface area contributed by atoms with Gasteiger partial charge in [-0.25, -0.2) is 0 Å². The molecular weight excluding hydrogens is 200 g/mol. The van der Waals surface area contributed by atoms with E-state index in [1.807, 2.05) is 13.0 Å². The zero-order valence-electron chi connectivity index (χ0n) is 10.9. The molecule has 0 saturated heterocycles. The summed E-state index contributed by atoms with van der Waals surface area (Å²) in [7, 11) is 2.14. The minimum Gasteiger partial charge on any atom is -0.469 e. The molecule has 0 aliphatic rings. The van der Waals surface area contributed by atoms with Gasteiger partial charge in [-0.05, 0) is 26.0 Å². The van der Waals surface area contributed by atoms with Gasteiger partial charge < -0.3 is 10.2 Å². The molecule has 1 aromatic heterocycles. The van der Waals surface area contributed by atoms with Crippen molar-refractivity contribution in [3.8, 4) is 0 Å². The van der Waals surface area contributed by atoms with Crippen molar-refractivity contribution in [1.29, 1.82) is 0 Å². The molecule has 0 saturated carbocycles. The first-order valence-corrected chi connectivity index (χ1v) is 6.03. The van der Waals surface area contributed by atoms with Crippen LogP contribution < -0.4 is 5.73 Å². The second-order valence-corrected chi connectivity index (χ2v) is 4.61. The van der Waals surface area contributed by atoms with E-state index in [2.05, 4.69) is 25.8 Å². The molecule has 0 aliphatic heterocycles. The largest absolute Gasteiger partial charge is 0.469 e. The van der Waals surface area contributed by atoms with Crippen molar-refractivity contribution < 1.29 is 4.42 Å². The maximum Gasteiger partial charge on any atom is 0.105 e. The van der Waals surface area contributed by atoms with Gasteiger partial charge in [0.2, 0.25) is 0 Å². The van der Waals surface area contributed by atoms with E-state index in [-0.39, 0.29) is 0 Å². The molecule has 16 heavy (non-hydrogen) atoms. The molecule has 3 heteroatoms. The van der Waals surface area contributed by atoms with Crippen LogP contribution in [-0.4, -0.2) is 24.5 Å². The summed E-state index contributed by atoms with van der Waals surface area (Å²) in [5.74, 6) is 1.63. The van der Waals surface area contributed by atoms with E-state index in [1.54, 1.807) is 6.26 Å². The number of hydrogen-bond donors (Lipinski definition) is 1. The van der Waals surface area contributed by atoms with Crippen molar-refractivity contribution in [1.82, 2.24) is 4.90 Å². The number of likely N-dealkylation sites (N-methyl/N-ethyl adjacent to an activating group) is 1. The lowest BCUT2D eigenvalue weighted by atomic mass is 9.97. The monoisotopic (exact) mass is 224 g/mol. The van der Waals surface area contributed by atoms with Crippen LogP contribution in [0.15, 0.2) is 16.7 Å². The Kier molecular flexibility index (Phi) is 5.03. The highest BCUT2D eigenvalue weighted by molar-refractivity contribution is 5.15. The molecule has 0 spiro atoms. The Labute approximate surface area is 98.6 Å². The Balaban J connectivity index is 2.62. The lowest BCUT2D eigenvalue weighted by Gasteiger charge is -2.31. The first-order valence-electron chi connectivity index (χ1n) is 6.03. The Hall–Kier alpha value is -0.800. The number of hydrogen-bond acceptors (Lipinski definition) is 3. The molecule has 2 atom stereocenters. The Morgan fingerprint density at radius 3 is 2.62 bits per heavy atom. The average Bonchev–Trinajstić information content (AvgIpc) is 2.65. The Bertz CT molecular complexity index is 309. The molecule has 1 rings (SSSR count). The smallest absolute Gasteiger partial charge is 0.105 e. The lowest BCUT2D eigenvalue weighted by molar-refractivity contribution is 0.177. The van der Waals surface area contributed by atoms with E-state index in [0.717, 1.165) is 18.7 Å². The maximum absolute atomic E-state index is 5.85. The van der Waals surface area contributed by atoms with Gasteiger partial charge in [0.25, 0.3) is 0 Å². The summed E-state index contributed by atoms with van der Waals surface area (Å²) in [5.41, 5.74) is 7.11. The quantitative estimate of drug-likeness (QED) is 0.806. The fourth-order valence-electron chi connectivity index (χ4n) is 2.08. The topological polar surface area (TPSA) is 42.4 Å². The third-order valence-electron chi connectivity index (χ3n) is 3.49. The second kappa shape index (κ2) is 6.06. The molecule has 0 bridgehead atoms. The Morgan fingerprint density at radius 1 is 1.50 bits per heavy atom. The predicted octanol–water partition coefficient (Wildman–Crippen LogP) is 2.39. The van der Waals surface area contributed by atoms with E-state index < -0.39 is 0 Å². The molecule has 0 aliphatic carbocycles.